The van der Waals surface area contributed by atoms with Gasteiger partial charge in [0.1, 0.15) is 0 Å². The monoisotopic (exact) mass is 348 g/mol. The highest BCUT2D eigenvalue weighted by Crippen LogP contribution is 2.51. The lowest BCUT2D eigenvalue weighted by Crippen LogP contribution is -2.44. The van der Waals surface area contributed by atoms with E-state index in [0.717, 1.165) is 11.6 Å². The molecule has 0 aliphatic carbocycles. The van der Waals surface area contributed by atoms with E-state index in [1.54, 1.807) is 0 Å². The van der Waals surface area contributed by atoms with Crippen molar-refractivity contribution in [2.75, 3.05) is 7.05 Å². The molecule has 128 valence electrons. The number of fused-ring (bicyclic) bond motifs is 3. The Hall–Kier alpha value is -1.71. The molecule has 0 saturated carbocycles. The van der Waals surface area contributed by atoms with Gasteiger partial charge in [-0.15, -0.1) is 11.3 Å². The first kappa shape index (κ1) is 15.5. The van der Waals surface area contributed by atoms with Gasteiger partial charge in [-0.2, -0.15) is 0 Å². The lowest BCUT2D eigenvalue weighted by atomic mass is 9.76. The Balaban J connectivity index is 1.62. The average Bonchev–Trinajstić information content (AvgIpc) is 3.14. The molecule has 2 fully saturated rings. The van der Waals surface area contributed by atoms with E-state index in [0.29, 0.717) is 17.9 Å². The van der Waals surface area contributed by atoms with Crippen molar-refractivity contribution < 1.29 is 0 Å². The Kier molecular flexibility index (Phi) is 3.68. The van der Waals surface area contributed by atoms with Crippen LogP contribution in [0.2, 0.25) is 0 Å². The number of aryl methyl sites for hydroxylation is 1. The van der Waals surface area contributed by atoms with E-state index >= 15 is 0 Å². The van der Waals surface area contributed by atoms with E-state index in [9.17, 15) is 0 Å². The zero-order chi connectivity index (χ0) is 17.0. The minimum atomic E-state index is 0.517. The number of hydrogen-bond acceptors (Lipinski definition) is 3. The van der Waals surface area contributed by atoms with Gasteiger partial charge in [-0.25, -0.2) is 4.98 Å². The maximum Gasteiger partial charge on any atom is 0.0991 e. The van der Waals surface area contributed by atoms with E-state index in [2.05, 4.69) is 67.4 Å². The number of thiazole rings is 1. The summed E-state index contributed by atoms with van der Waals surface area (Å²) < 4.78 is 1.32. The average molecular weight is 349 g/mol. The van der Waals surface area contributed by atoms with E-state index < -0.39 is 0 Å². The second kappa shape index (κ2) is 5.93. The van der Waals surface area contributed by atoms with Crippen LogP contribution in [0.25, 0.3) is 10.2 Å². The topological polar surface area (TPSA) is 16.1 Å². The van der Waals surface area contributed by atoms with Crippen LogP contribution >= 0.6 is 11.3 Å². The van der Waals surface area contributed by atoms with Gasteiger partial charge in [0, 0.05) is 18.0 Å². The molecular weight excluding hydrogens is 324 g/mol. The molecular formula is C22H24N2S. The molecule has 3 aromatic rings. The van der Waals surface area contributed by atoms with Gasteiger partial charge >= 0.3 is 0 Å². The molecule has 3 heterocycles. The predicted octanol–water partition coefficient (Wildman–Crippen LogP) is 5.34. The van der Waals surface area contributed by atoms with E-state index in [1.807, 2.05) is 11.3 Å². The van der Waals surface area contributed by atoms with Gasteiger partial charge < -0.3 is 0 Å². The number of likely N-dealkylation sites (N-methyl/N-ethyl adjacent to an activating group) is 1. The zero-order valence-electron chi connectivity index (χ0n) is 14.9. The molecule has 2 aromatic carbocycles. The molecule has 2 unspecified atom stereocenters. The van der Waals surface area contributed by atoms with Gasteiger partial charge in [-0.1, -0.05) is 42.0 Å². The van der Waals surface area contributed by atoms with Crippen LogP contribution < -0.4 is 0 Å². The highest BCUT2D eigenvalue weighted by Gasteiger charge is 2.47. The molecule has 5 rings (SSSR count). The summed E-state index contributed by atoms with van der Waals surface area (Å²) in [5.41, 5.74) is 4.00. The summed E-state index contributed by atoms with van der Waals surface area (Å²) in [4.78, 5) is 7.71. The number of nitrogens with zero attached hydrogens (tertiary/aromatic N) is 2. The van der Waals surface area contributed by atoms with Crippen LogP contribution in [0.15, 0.2) is 48.5 Å². The van der Waals surface area contributed by atoms with E-state index in [-0.39, 0.29) is 0 Å². The second-order valence-corrected chi connectivity index (χ2v) is 8.82. The first-order chi connectivity index (χ1) is 12.2. The minimum absolute atomic E-state index is 0.517. The molecule has 2 aliphatic rings. The van der Waals surface area contributed by atoms with Crippen molar-refractivity contribution in [2.24, 2.45) is 0 Å². The maximum atomic E-state index is 5.07. The number of para-hydroxylation sites is 1. The number of rotatable bonds is 2. The van der Waals surface area contributed by atoms with Crippen LogP contribution in [-0.4, -0.2) is 29.0 Å². The third-order valence-electron chi connectivity index (χ3n) is 6.37. The van der Waals surface area contributed by atoms with Crippen LogP contribution in [0.4, 0.5) is 0 Å². The highest BCUT2D eigenvalue weighted by atomic mass is 32.1. The van der Waals surface area contributed by atoms with Gasteiger partial charge in [0.25, 0.3) is 0 Å². The first-order valence-corrected chi connectivity index (χ1v) is 10.2. The summed E-state index contributed by atoms with van der Waals surface area (Å²) in [7, 11) is 2.33. The molecule has 0 radical (unpaired) electrons. The Morgan fingerprint density at radius 3 is 2.64 bits per heavy atom. The van der Waals surface area contributed by atoms with Crippen molar-refractivity contribution >= 4 is 21.6 Å². The van der Waals surface area contributed by atoms with Gasteiger partial charge in [-0.05, 0) is 56.8 Å². The summed E-state index contributed by atoms with van der Waals surface area (Å²) >= 11 is 1.91. The third kappa shape index (κ3) is 2.52. The number of piperidine rings is 1. The van der Waals surface area contributed by atoms with Crippen LogP contribution in [0.1, 0.15) is 47.2 Å². The molecule has 4 atom stereocenters. The van der Waals surface area contributed by atoms with E-state index in [1.165, 1.54) is 40.1 Å². The summed E-state index contributed by atoms with van der Waals surface area (Å²) in [6, 6.07) is 19.2. The molecule has 2 saturated heterocycles. The fourth-order valence-corrected chi connectivity index (χ4v) is 6.18. The van der Waals surface area contributed by atoms with Crippen molar-refractivity contribution in [2.45, 2.75) is 50.1 Å². The largest absolute Gasteiger partial charge is 0.300 e. The quantitative estimate of drug-likeness (QED) is 0.621. The Labute approximate surface area is 153 Å². The molecule has 25 heavy (non-hydrogen) atoms. The molecule has 2 aliphatic heterocycles. The van der Waals surface area contributed by atoms with Crippen molar-refractivity contribution in [3.63, 3.8) is 0 Å². The lowest BCUT2D eigenvalue weighted by Gasteiger charge is -2.42. The van der Waals surface area contributed by atoms with Crippen LogP contribution in [0.5, 0.6) is 0 Å². The molecule has 0 spiro atoms. The molecule has 0 N–H and O–H groups in total. The van der Waals surface area contributed by atoms with E-state index in [4.69, 9.17) is 4.98 Å². The molecule has 2 bridgehead atoms. The summed E-state index contributed by atoms with van der Waals surface area (Å²) in [5, 5.41) is 1.34. The van der Waals surface area contributed by atoms with Gasteiger partial charge in [0.15, 0.2) is 0 Å². The summed E-state index contributed by atoms with van der Waals surface area (Å²) in [6.45, 7) is 2.17. The normalized spacial score (nSPS) is 29.4. The van der Waals surface area contributed by atoms with Crippen molar-refractivity contribution in [1.29, 1.82) is 0 Å². The fraction of sp³-hybridized carbons (Fsp3) is 0.409. The van der Waals surface area contributed by atoms with Crippen LogP contribution in [0.3, 0.4) is 0 Å². The van der Waals surface area contributed by atoms with Gasteiger partial charge in [-0.3, -0.25) is 4.90 Å². The van der Waals surface area contributed by atoms with Crippen molar-refractivity contribution in [1.82, 2.24) is 9.88 Å². The lowest BCUT2D eigenvalue weighted by molar-refractivity contribution is 0.137. The second-order valence-electron chi connectivity index (χ2n) is 7.76. The van der Waals surface area contributed by atoms with Gasteiger partial charge in [0.05, 0.1) is 15.2 Å². The Bertz CT molecular complexity index is 865. The number of aromatic nitrogens is 1. The molecule has 1 aromatic heterocycles. The molecule has 3 heteroatoms. The maximum absolute atomic E-state index is 5.07. The Morgan fingerprint density at radius 1 is 1.04 bits per heavy atom. The van der Waals surface area contributed by atoms with Crippen molar-refractivity contribution in [3.05, 3.63) is 64.7 Å². The summed E-state index contributed by atoms with van der Waals surface area (Å²) in [6.07, 6.45) is 3.91. The van der Waals surface area contributed by atoms with Crippen LogP contribution in [-0.2, 0) is 0 Å². The minimum Gasteiger partial charge on any atom is -0.300 e. The summed E-state index contributed by atoms with van der Waals surface area (Å²) in [5.74, 6) is 1.11. The zero-order valence-corrected chi connectivity index (χ0v) is 15.7. The highest BCUT2D eigenvalue weighted by molar-refractivity contribution is 7.18. The molecule has 0 amide bonds. The van der Waals surface area contributed by atoms with Gasteiger partial charge in [0.2, 0.25) is 0 Å². The predicted molar refractivity (Wildman–Crippen MR) is 105 cm³/mol. The Morgan fingerprint density at radius 2 is 1.84 bits per heavy atom. The van der Waals surface area contributed by atoms with Crippen LogP contribution in [0, 0.1) is 6.92 Å². The standard InChI is InChI=1S/C22H24N2S/c1-14-7-9-15(10-8-14)17-13-16-11-12-19(24(16)2)21(17)22-23-18-5-3-4-6-20(18)25-22/h3-10,16-17,19,21H,11-13H2,1-2H3/t16-,17?,19?,21+/m1/s1. The third-order valence-corrected chi connectivity index (χ3v) is 7.51. The smallest absolute Gasteiger partial charge is 0.0991 e. The number of hydrogen-bond donors (Lipinski definition) is 0. The molecule has 2 nitrogen and oxygen atoms in total. The number of benzene rings is 2. The first-order valence-electron chi connectivity index (χ1n) is 9.34. The SMILES string of the molecule is Cc1ccc(C2C[C@H]3CCC([C@H]2c2nc4ccccc4s2)N3C)cc1. The fourth-order valence-electron chi connectivity index (χ4n) is 4.99. The van der Waals surface area contributed by atoms with Crippen molar-refractivity contribution in [3.8, 4) is 0 Å².